The second-order valence-electron chi connectivity index (χ2n) is 7.32. The van der Waals surface area contributed by atoms with Gasteiger partial charge in [-0.05, 0) is 34.9 Å². The topological polar surface area (TPSA) is 86.5 Å². The maximum Gasteiger partial charge on any atom is 0.339 e. The molecule has 0 aliphatic heterocycles. The lowest BCUT2D eigenvalue weighted by Gasteiger charge is -2.10. The Labute approximate surface area is 190 Å². The average molecular weight is 437 g/mol. The van der Waals surface area contributed by atoms with E-state index in [9.17, 15) is 19.7 Å². The summed E-state index contributed by atoms with van der Waals surface area (Å²) >= 11 is 0. The molecule has 0 heterocycles. The Morgan fingerprint density at radius 2 is 1.27 bits per heavy atom. The SMILES string of the molecule is O=C(OCc1ccc([N+](=O)[O-])cc1)c1ccccc1C(=O)c1ccc(-c2ccccc2)cc1. The van der Waals surface area contributed by atoms with Crippen LogP contribution in [-0.2, 0) is 11.3 Å². The van der Waals surface area contributed by atoms with Gasteiger partial charge in [0.05, 0.1) is 10.5 Å². The summed E-state index contributed by atoms with van der Waals surface area (Å²) in [5.41, 5.74) is 3.48. The van der Waals surface area contributed by atoms with Gasteiger partial charge in [-0.1, -0.05) is 72.8 Å². The molecule has 0 unspecified atom stereocenters. The van der Waals surface area contributed by atoms with E-state index in [1.165, 1.54) is 24.3 Å². The Balaban J connectivity index is 1.50. The van der Waals surface area contributed by atoms with Gasteiger partial charge in [0, 0.05) is 23.3 Å². The first-order chi connectivity index (χ1) is 16.0. The Morgan fingerprint density at radius 1 is 0.697 bits per heavy atom. The van der Waals surface area contributed by atoms with Crippen molar-refractivity contribution in [3.8, 4) is 11.1 Å². The summed E-state index contributed by atoms with van der Waals surface area (Å²) in [6.45, 7) is -0.0644. The van der Waals surface area contributed by atoms with Crippen molar-refractivity contribution in [2.24, 2.45) is 0 Å². The van der Waals surface area contributed by atoms with Crippen molar-refractivity contribution < 1.29 is 19.2 Å². The van der Waals surface area contributed by atoms with Gasteiger partial charge in [0.2, 0.25) is 0 Å². The van der Waals surface area contributed by atoms with E-state index in [-0.39, 0.29) is 29.2 Å². The summed E-state index contributed by atoms with van der Waals surface area (Å²) in [7, 11) is 0. The molecular weight excluding hydrogens is 418 g/mol. The maximum absolute atomic E-state index is 13.1. The van der Waals surface area contributed by atoms with E-state index in [0.29, 0.717) is 11.1 Å². The monoisotopic (exact) mass is 437 g/mol. The largest absolute Gasteiger partial charge is 0.457 e. The van der Waals surface area contributed by atoms with E-state index in [1.807, 2.05) is 42.5 Å². The lowest BCUT2D eigenvalue weighted by atomic mass is 9.96. The van der Waals surface area contributed by atoms with Gasteiger partial charge in [-0.2, -0.15) is 0 Å². The molecule has 6 nitrogen and oxygen atoms in total. The standard InChI is InChI=1S/C27H19NO5/c29-26(22-14-12-21(13-15-22)20-6-2-1-3-7-20)24-8-4-5-9-25(24)27(30)33-18-19-10-16-23(17-11-19)28(31)32/h1-17H,18H2. The van der Waals surface area contributed by atoms with Crippen LogP contribution in [0.2, 0.25) is 0 Å². The normalized spacial score (nSPS) is 10.4. The first-order valence-electron chi connectivity index (χ1n) is 10.2. The molecule has 0 atom stereocenters. The molecule has 0 aliphatic rings. The lowest BCUT2D eigenvalue weighted by molar-refractivity contribution is -0.384. The molecule has 4 rings (SSSR count). The second-order valence-corrected chi connectivity index (χ2v) is 7.32. The minimum Gasteiger partial charge on any atom is -0.457 e. The van der Waals surface area contributed by atoms with E-state index in [0.717, 1.165) is 11.1 Å². The molecule has 162 valence electrons. The Morgan fingerprint density at radius 3 is 1.91 bits per heavy atom. The minimum absolute atomic E-state index is 0.0423. The first kappa shape index (κ1) is 21.6. The van der Waals surface area contributed by atoms with Gasteiger partial charge in [0.1, 0.15) is 6.61 Å². The molecule has 0 fully saturated rings. The molecule has 0 bridgehead atoms. The molecule has 4 aromatic carbocycles. The number of nitro groups is 1. The van der Waals surface area contributed by atoms with Crippen LogP contribution in [0, 0.1) is 10.1 Å². The highest BCUT2D eigenvalue weighted by Crippen LogP contribution is 2.22. The third-order valence-corrected chi connectivity index (χ3v) is 5.16. The average Bonchev–Trinajstić information content (AvgIpc) is 2.87. The Hall–Kier alpha value is -4.58. The smallest absolute Gasteiger partial charge is 0.339 e. The molecule has 0 aliphatic carbocycles. The molecule has 33 heavy (non-hydrogen) atoms. The number of nitro benzene ring substituents is 1. The number of nitrogens with zero attached hydrogens (tertiary/aromatic N) is 1. The molecule has 0 spiro atoms. The zero-order valence-corrected chi connectivity index (χ0v) is 17.5. The number of non-ortho nitro benzene ring substituents is 1. The molecule has 0 saturated carbocycles. The van der Waals surface area contributed by atoms with Crippen LogP contribution < -0.4 is 0 Å². The van der Waals surface area contributed by atoms with Crippen LogP contribution in [0.15, 0.2) is 103 Å². The van der Waals surface area contributed by atoms with E-state index < -0.39 is 10.9 Å². The highest BCUT2D eigenvalue weighted by atomic mass is 16.6. The quantitative estimate of drug-likeness (QED) is 0.157. The third-order valence-electron chi connectivity index (χ3n) is 5.16. The lowest BCUT2D eigenvalue weighted by Crippen LogP contribution is -2.12. The second kappa shape index (κ2) is 9.70. The summed E-state index contributed by atoms with van der Waals surface area (Å²) in [6, 6.07) is 29.3. The molecule has 0 N–H and O–H groups in total. The zero-order chi connectivity index (χ0) is 23.2. The van der Waals surface area contributed by atoms with Crippen molar-refractivity contribution >= 4 is 17.4 Å². The van der Waals surface area contributed by atoms with E-state index in [2.05, 4.69) is 0 Å². The third kappa shape index (κ3) is 5.02. The Kier molecular flexibility index (Phi) is 6.36. The predicted octanol–water partition coefficient (Wildman–Crippen LogP) is 5.85. The number of esters is 1. The fourth-order valence-electron chi connectivity index (χ4n) is 3.40. The van der Waals surface area contributed by atoms with Gasteiger partial charge in [-0.15, -0.1) is 0 Å². The molecule has 6 heteroatoms. The van der Waals surface area contributed by atoms with Crippen molar-refractivity contribution in [3.05, 3.63) is 135 Å². The number of hydrogen-bond donors (Lipinski definition) is 0. The first-order valence-corrected chi connectivity index (χ1v) is 10.2. The van der Waals surface area contributed by atoms with Crippen molar-refractivity contribution in [2.75, 3.05) is 0 Å². The van der Waals surface area contributed by atoms with Crippen LogP contribution in [0.1, 0.15) is 31.8 Å². The number of carbonyl (C=O) groups is 2. The van der Waals surface area contributed by atoms with Crippen LogP contribution in [0.3, 0.4) is 0 Å². The van der Waals surface area contributed by atoms with Crippen LogP contribution in [0.5, 0.6) is 0 Å². The van der Waals surface area contributed by atoms with Crippen molar-refractivity contribution in [1.29, 1.82) is 0 Å². The number of ketones is 1. The molecule has 0 aromatic heterocycles. The molecule has 0 radical (unpaired) electrons. The molecular formula is C27H19NO5. The number of rotatable bonds is 7. The summed E-state index contributed by atoms with van der Waals surface area (Å²) < 4.78 is 5.36. The van der Waals surface area contributed by atoms with Gasteiger partial charge in [-0.25, -0.2) is 4.79 Å². The molecule has 4 aromatic rings. The van der Waals surface area contributed by atoms with E-state index in [1.54, 1.807) is 36.4 Å². The molecule has 0 saturated heterocycles. The summed E-state index contributed by atoms with van der Waals surface area (Å²) in [5.74, 6) is -0.921. The van der Waals surface area contributed by atoms with Crippen LogP contribution in [-0.4, -0.2) is 16.7 Å². The van der Waals surface area contributed by atoms with Crippen LogP contribution in [0.4, 0.5) is 5.69 Å². The van der Waals surface area contributed by atoms with Crippen molar-refractivity contribution in [2.45, 2.75) is 6.61 Å². The van der Waals surface area contributed by atoms with Gasteiger partial charge in [0.25, 0.3) is 5.69 Å². The number of ether oxygens (including phenoxy) is 1. The minimum atomic E-state index is -0.641. The van der Waals surface area contributed by atoms with Crippen molar-refractivity contribution in [3.63, 3.8) is 0 Å². The van der Waals surface area contributed by atoms with E-state index in [4.69, 9.17) is 4.74 Å². The predicted molar refractivity (Wildman–Crippen MR) is 124 cm³/mol. The van der Waals surface area contributed by atoms with Gasteiger partial charge >= 0.3 is 5.97 Å². The fourth-order valence-corrected chi connectivity index (χ4v) is 3.40. The summed E-state index contributed by atoms with van der Waals surface area (Å²) in [4.78, 5) is 36.1. The van der Waals surface area contributed by atoms with Gasteiger partial charge in [0.15, 0.2) is 5.78 Å². The van der Waals surface area contributed by atoms with Crippen LogP contribution >= 0.6 is 0 Å². The van der Waals surface area contributed by atoms with E-state index >= 15 is 0 Å². The number of carbonyl (C=O) groups excluding carboxylic acids is 2. The van der Waals surface area contributed by atoms with Gasteiger partial charge < -0.3 is 4.74 Å². The highest BCUT2D eigenvalue weighted by Gasteiger charge is 2.19. The summed E-state index contributed by atoms with van der Waals surface area (Å²) in [6.07, 6.45) is 0. The maximum atomic E-state index is 13.1. The number of hydrogen-bond acceptors (Lipinski definition) is 5. The Bertz CT molecular complexity index is 1300. The van der Waals surface area contributed by atoms with Crippen molar-refractivity contribution in [1.82, 2.24) is 0 Å². The zero-order valence-electron chi connectivity index (χ0n) is 17.5. The highest BCUT2D eigenvalue weighted by molar-refractivity contribution is 6.14. The number of benzene rings is 4. The fraction of sp³-hybridized carbons (Fsp3) is 0.0370. The summed E-state index contributed by atoms with van der Waals surface area (Å²) in [5, 5.41) is 10.8. The van der Waals surface area contributed by atoms with Gasteiger partial charge in [-0.3, -0.25) is 14.9 Å². The van der Waals surface area contributed by atoms with Crippen LogP contribution in [0.25, 0.3) is 11.1 Å². The molecule has 0 amide bonds.